The number of nitrogens with one attached hydrogen (secondary N) is 1. The molecule has 1 aliphatic carbocycles. The molecule has 0 saturated heterocycles. The van der Waals surface area contributed by atoms with Crippen LogP contribution >= 0.6 is 11.6 Å². The first-order valence-electron chi connectivity index (χ1n) is 8.61. The maximum absolute atomic E-state index is 14.7. The fourth-order valence-electron chi connectivity index (χ4n) is 2.63. The van der Waals surface area contributed by atoms with Gasteiger partial charge in [-0.05, 0) is 31.4 Å². The Hall–Kier alpha value is -2.80. The summed E-state index contributed by atoms with van der Waals surface area (Å²) in [6.45, 7) is 7.46. The molecule has 150 valence electrons. The summed E-state index contributed by atoms with van der Waals surface area (Å²) in [5, 5.41) is 3.24. The number of hydrogen-bond acceptors (Lipinski definition) is 6. The van der Waals surface area contributed by atoms with Crippen LogP contribution in [0.2, 0.25) is 5.02 Å². The third-order valence-corrected chi connectivity index (χ3v) is 4.70. The Labute approximate surface area is 168 Å². The first-order chi connectivity index (χ1) is 13.3. The molecule has 0 aliphatic heterocycles. The van der Waals surface area contributed by atoms with E-state index in [1.165, 1.54) is 32.4 Å². The zero-order valence-electron chi connectivity index (χ0n) is 15.9. The maximum atomic E-state index is 14.7. The average molecular weight is 408 g/mol. The number of aliphatic imine (C=N–C) groups is 1. The zero-order chi connectivity index (χ0) is 20.8. The molecular formula is C20H23ClFN3O3. The van der Waals surface area contributed by atoms with Crippen LogP contribution in [0, 0.1) is 5.82 Å². The van der Waals surface area contributed by atoms with Gasteiger partial charge in [-0.25, -0.2) is 14.2 Å². The van der Waals surface area contributed by atoms with Crippen LogP contribution < -0.4 is 15.8 Å². The Morgan fingerprint density at radius 1 is 1.43 bits per heavy atom. The number of nitrogens with two attached hydrogens (primary N) is 1. The number of esters is 1. The van der Waals surface area contributed by atoms with Gasteiger partial charge >= 0.3 is 5.97 Å². The molecule has 0 atom stereocenters. The van der Waals surface area contributed by atoms with E-state index in [0.29, 0.717) is 0 Å². The number of carbonyl (C=O) groups excluding carboxylic acids is 1. The van der Waals surface area contributed by atoms with Gasteiger partial charge in [0.15, 0.2) is 17.3 Å². The third kappa shape index (κ3) is 4.54. The van der Waals surface area contributed by atoms with Gasteiger partial charge in [0.2, 0.25) is 0 Å². The molecule has 3 N–H and O–H groups in total. The van der Waals surface area contributed by atoms with Gasteiger partial charge in [0.1, 0.15) is 5.82 Å². The molecule has 0 heterocycles. The highest BCUT2D eigenvalue weighted by molar-refractivity contribution is 6.44. The van der Waals surface area contributed by atoms with E-state index in [1.54, 1.807) is 0 Å². The molecule has 0 unspecified atom stereocenters. The van der Waals surface area contributed by atoms with Crippen molar-refractivity contribution in [1.29, 1.82) is 0 Å². The molecule has 0 radical (unpaired) electrons. The second-order valence-electron chi connectivity index (χ2n) is 6.14. The molecule has 1 saturated carbocycles. The first-order valence-corrected chi connectivity index (χ1v) is 8.99. The van der Waals surface area contributed by atoms with E-state index >= 15 is 0 Å². The van der Waals surface area contributed by atoms with Crippen LogP contribution in [0.1, 0.15) is 24.8 Å². The molecule has 6 nitrogen and oxygen atoms in total. The zero-order valence-corrected chi connectivity index (χ0v) is 16.6. The number of carbonyl (C=O) groups is 1. The van der Waals surface area contributed by atoms with E-state index < -0.39 is 11.8 Å². The quantitative estimate of drug-likeness (QED) is 0.391. The molecule has 1 aromatic carbocycles. The largest absolute Gasteiger partial charge is 0.492 e. The normalized spacial score (nSPS) is 15.2. The Balaban J connectivity index is 2.48. The van der Waals surface area contributed by atoms with Crippen molar-refractivity contribution in [2.24, 2.45) is 10.7 Å². The lowest BCUT2D eigenvalue weighted by Crippen LogP contribution is -2.39. The second kappa shape index (κ2) is 9.41. The summed E-state index contributed by atoms with van der Waals surface area (Å²) in [6, 6.07) is 3.08. The summed E-state index contributed by atoms with van der Waals surface area (Å²) in [4.78, 5) is 16.5. The van der Waals surface area contributed by atoms with E-state index in [0.717, 1.165) is 19.3 Å². The molecular weight excluding hydrogens is 385 g/mol. The lowest BCUT2D eigenvalue weighted by Gasteiger charge is -2.28. The van der Waals surface area contributed by atoms with Crippen molar-refractivity contribution in [1.82, 2.24) is 5.32 Å². The Morgan fingerprint density at radius 3 is 2.61 bits per heavy atom. The van der Waals surface area contributed by atoms with Gasteiger partial charge in [-0.1, -0.05) is 30.8 Å². The molecule has 28 heavy (non-hydrogen) atoms. The minimum absolute atomic E-state index is 0.0244. The number of ether oxygens (including phenoxy) is 2. The molecule has 0 spiro atoms. The number of allylic oxidation sites excluding steroid dienone is 1. The van der Waals surface area contributed by atoms with E-state index in [-0.39, 0.29) is 45.2 Å². The highest BCUT2D eigenvalue weighted by Gasteiger charge is 2.23. The summed E-state index contributed by atoms with van der Waals surface area (Å²) >= 11 is 5.92. The molecule has 1 aliphatic rings. The molecule has 8 heteroatoms. The molecule has 1 aromatic rings. The monoisotopic (exact) mass is 407 g/mol. The van der Waals surface area contributed by atoms with Gasteiger partial charge in [0.05, 0.1) is 24.9 Å². The summed E-state index contributed by atoms with van der Waals surface area (Å²) in [5.41, 5.74) is 6.22. The van der Waals surface area contributed by atoms with Crippen molar-refractivity contribution < 1.29 is 18.7 Å². The Bertz CT molecular complexity index is 860. The molecule has 2 rings (SSSR count). The van der Waals surface area contributed by atoms with Crippen molar-refractivity contribution in [2.45, 2.75) is 25.3 Å². The maximum Gasteiger partial charge on any atom is 0.357 e. The lowest BCUT2D eigenvalue weighted by atomic mass is 9.93. The minimum atomic E-state index is -0.754. The van der Waals surface area contributed by atoms with Gasteiger partial charge in [-0.3, -0.25) is 0 Å². The SMILES string of the molecule is C=CC(/C(=N\C(=C)c1ccc(Cl)c(OC)c1F)C(=O)OC)=C(/N)NC1CCC1. The summed E-state index contributed by atoms with van der Waals surface area (Å²) in [5.74, 6) is -1.39. The van der Waals surface area contributed by atoms with Crippen molar-refractivity contribution in [2.75, 3.05) is 14.2 Å². The summed E-state index contributed by atoms with van der Waals surface area (Å²) in [7, 11) is 2.51. The van der Waals surface area contributed by atoms with Crippen molar-refractivity contribution in [3.8, 4) is 5.75 Å². The molecule has 0 amide bonds. The fourth-order valence-corrected chi connectivity index (χ4v) is 2.86. The topological polar surface area (TPSA) is 85.9 Å². The predicted molar refractivity (Wildman–Crippen MR) is 109 cm³/mol. The average Bonchev–Trinajstić information content (AvgIpc) is 2.64. The molecule has 0 aromatic heterocycles. The number of methoxy groups -OCH3 is 2. The highest BCUT2D eigenvalue weighted by Crippen LogP contribution is 2.33. The molecule has 0 bridgehead atoms. The van der Waals surface area contributed by atoms with E-state index in [4.69, 9.17) is 26.8 Å². The summed E-state index contributed by atoms with van der Waals surface area (Å²) in [6.07, 6.45) is 4.47. The van der Waals surface area contributed by atoms with E-state index in [2.05, 4.69) is 23.5 Å². The lowest BCUT2D eigenvalue weighted by molar-refractivity contribution is -0.132. The molecule has 1 fully saturated rings. The predicted octanol–water partition coefficient (Wildman–Crippen LogP) is 3.57. The number of halogens is 2. The van der Waals surface area contributed by atoms with Crippen LogP contribution in [-0.4, -0.2) is 31.9 Å². The van der Waals surface area contributed by atoms with Crippen molar-refractivity contribution in [3.05, 3.63) is 59.2 Å². The number of benzene rings is 1. The second-order valence-corrected chi connectivity index (χ2v) is 6.55. The number of hydrogen-bond donors (Lipinski definition) is 2. The van der Waals surface area contributed by atoms with Crippen LogP contribution in [0.3, 0.4) is 0 Å². The standard InChI is InChI=1S/C20H23ClFN3O3/c1-5-13(19(23)25-12-7-6-8-12)17(20(26)28-4)24-11(2)14-9-10-15(21)18(27-3)16(14)22/h5,9-10,12,25H,1-2,6-8,23H2,3-4H3/b19-13+,24-17+. The smallest absolute Gasteiger partial charge is 0.357 e. The van der Waals surface area contributed by atoms with Gasteiger partial charge in [0.25, 0.3) is 0 Å². The Kier molecular flexibility index (Phi) is 7.23. The fraction of sp³-hybridized carbons (Fsp3) is 0.300. The van der Waals surface area contributed by atoms with Crippen LogP contribution in [0.15, 0.2) is 47.8 Å². The van der Waals surface area contributed by atoms with Gasteiger partial charge in [-0.15, -0.1) is 0 Å². The van der Waals surface area contributed by atoms with Crippen LogP contribution in [0.4, 0.5) is 4.39 Å². The summed E-state index contributed by atoms with van der Waals surface area (Å²) < 4.78 is 24.4. The van der Waals surface area contributed by atoms with E-state index in [1.807, 2.05) is 0 Å². The van der Waals surface area contributed by atoms with E-state index in [9.17, 15) is 9.18 Å². The van der Waals surface area contributed by atoms with Crippen LogP contribution in [0.25, 0.3) is 5.70 Å². The van der Waals surface area contributed by atoms with Gasteiger partial charge < -0.3 is 20.5 Å². The van der Waals surface area contributed by atoms with Gasteiger partial charge in [-0.2, -0.15) is 0 Å². The number of rotatable bonds is 8. The Morgan fingerprint density at radius 2 is 2.11 bits per heavy atom. The highest BCUT2D eigenvalue weighted by atomic mass is 35.5. The van der Waals surface area contributed by atoms with Crippen LogP contribution in [0.5, 0.6) is 5.75 Å². The first kappa shape index (κ1) is 21.5. The van der Waals surface area contributed by atoms with Crippen molar-refractivity contribution >= 4 is 29.0 Å². The van der Waals surface area contributed by atoms with Crippen molar-refractivity contribution in [3.63, 3.8) is 0 Å². The minimum Gasteiger partial charge on any atom is -0.492 e. The van der Waals surface area contributed by atoms with Crippen LogP contribution in [-0.2, 0) is 9.53 Å². The third-order valence-electron chi connectivity index (χ3n) is 4.40. The van der Waals surface area contributed by atoms with Gasteiger partial charge in [0, 0.05) is 17.2 Å². The number of nitrogens with zero attached hydrogens (tertiary/aromatic N) is 1.